The molecular weight excluding hydrogens is 344 g/mol. The van der Waals surface area contributed by atoms with Gasteiger partial charge in [0.2, 0.25) is 5.91 Å². The number of rotatable bonds is 5. The normalized spacial score (nSPS) is 15.0. The van der Waals surface area contributed by atoms with Gasteiger partial charge in [0.25, 0.3) is 0 Å². The Hall–Kier alpha value is -2.47. The third kappa shape index (κ3) is 3.17. The fourth-order valence-electron chi connectivity index (χ4n) is 3.07. The SMILES string of the molecule is C[C@H](Nc1nc(C2CC2)nc2scc(-c3ccccc3)c12)C(=O)N(C)C. The Balaban J connectivity index is 1.82. The van der Waals surface area contributed by atoms with Crippen molar-refractivity contribution in [1.29, 1.82) is 0 Å². The quantitative estimate of drug-likeness (QED) is 0.738. The predicted molar refractivity (Wildman–Crippen MR) is 107 cm³/mol. The number of fused-ring (bicyclic) bond motifs is 1. The Labute approximate surface area is 157 Å². The molecule has 1 aliphatic rings. The van der Waals surface area contributed by atoms with Crippen molar-refractivity contribution in [3.05, 3.63) is 41.5 Å². The van der Waals surface area contributed by atoms with Crippen molar-refractivity contribution in [2.24, 2.45) is 0 Å². The zero-order valence-corrected chi connectivity index (χ0v) is 16.0. The Kier molecular flexibility index (Phi) is 4.36. The van der Waals surface area contributed by atoms with Gasteiger partial charge in [-0.15, -0.1) is 11.3 Å². The summed E-state index contributed by atoms with van der Waals surface area (Å²) in [7, 11) is 3.54. The van der Waals surface area contributed by atoms with Gasteiger partial charge in [0.05, 0.1) is 5.39 Å². The molecule has 26 heavy (non-hydrogen) atoms. The molecule has 1 saturated carbocycles. The van der Waals surface area contributed by atoms with Crippen LogP contribution in [0.3, 0.4) is 0 Å². The predicted octanol–water partition coefficient (Wildman–Crippen LogP) is 4.12. The van der Waals surface area contributed by atoms with Crippen molar-refractivity contribution in [2.45, 2.75) is 31.7 Å². The highest BCUT2D eigenvalue weighted by molar-refractivity contribution is 7.17. The Morgan fingerprint density at radius 3 is 2.62 bits per heavy atom. The lowest BCUT2D eigenvalue weighted by Gasteiger charge is -2.19. The fraction of sp³-hybridized carbons (Fsp3) is 0.350. The molecule has 0 bridgehead atoms. The van der Waals surface area contributed by atoms with Gasteiger partial charge in [0, 0.05) is 31.0 Å². The topological polar surface area (TPSA) is 58.1 Å². The number of likely N-dealkylation sites (N-methyl/N-ethyl adjacent to an activating group) is 1. The van der Waals surface area contributed by atoms with Crippen molar-refractivity contribution in [2.75, 3.05) is 19.4 Å². The summed E-state index contributed by atoms with van der Waals surface area (Å²) in [5.41, 5.74) is 2.25. The van der Waals surface area contributed by atoms with Crippen LogP contribution in [0.2, 0.25) is 0 Å². The summed E-state index contributed by atoms with van der Waals surface area (Å²) in [6, 6.07) is 9.91. The van der Waals surface area contributed by atoms with Crippen LogP contribution < -0.4 is 5.32 Å². The van der Waals surface area contributed by atoms with E-state index in [1.165, 1.54) is 0 Å². The van der Waals surface area contributed by atoms with Crippen LogP contribution in [-0.4, -0.2) is 40.9 Å². The van der Waals surface area contributed by atoms with Crippen molar-refractivity contribution < 1.29 is 4.79 Å². The molecule has 0 spiro atoms. The minimum absolute atomic E-state index is 0.0289. The van der Waals surface area contributed by atoms with Gasteiger partial charge < -0.3 is 10.2 Å². The smallest absolute Gasteiger partial charge is 0.244 e. The number of aromatic nitrogens is 2. The molecule has 1 aromatic carbocycles. The number of anilines is 1. The van der Waals surface area contributed by atoms with E-state index in [2.05, 4.69) is 22.8 Å². The summed E-state index contributed by atoms with van der Waals surface area (Å²) in [4.78, 5) is 24.5. The number of carbonyl (C=O) groups is 1. The Morgan fingerprint density at radius 1 is 1.23 bits per heavy atom. The summed E-state index contributed by atoms with van der Waals surface area (Å²) < 4.78 is 0. The number of amides is 1. The van der Waals surface area contributed by atoms with E-state index in [-0.39, 0.29) is 11.9 Å². The third-order valence-electron chi connectivity index (χ3n) is 4.64. The molecule has 0 radical (unpaired) electrons. The second kappa shape index (κ2) is 6.68. The van der Waals surface area contributed by atoms with Crippen molar-refractivity contribution >= 4 is 33.3 Å². The molecule has 0 unspecified atom stereocenters. The molecule has 0 aliphatic heterocycles. The first-order valence-electron chi connectivity index (χ1n) is 8.87. The first kappa shape index (κ1) is 17.0. The van der Waals surface area contributed by atoms with Gasteiger partial charge in [-0.3, -0.25) is 4.79 Å². The van der Waals surface area contributed by atoms with Crippen LogP contribution >= 0.6 is 11.3 Å². The van der Waals surface area contributed by atoms with Crippen LogP contribution in [0.4, 0.5) is 5.82 Å². The van der Waals surface area contributed by atoms with Crippen molar-refractivity contribution in [3.63, 3.8) is 0 Å². The van der Waals surface area contributed by atoms with Gasteiger partial charge in [0.1, 0.15) is 22.5 Å². The molecule has 1 aliphatic carbocycles. The van der Waals surface area contributed by atoms with Crippen LogP contribution in [0.15, 0.2) is 35.7 Å². The lowest BCUT2D eigenvalue weighted by Crippen LogP contribution is -2.37. The van der Waals surface area contributed by atoms with Crippen LogP contribution in [0.25, 0.3) is 21.3 Å². The third-order valence-corrected chi connectivity index (χ3v) is 5.51. The standard InChI is InChI=1S/C20H22N4OS/c1-12(20(25)24(2)3)21-18-16-15(13-7-5-4-6-8-13)11-26-19(16)23-17(22-18)14-9-10-14/h4-8,11-12,14H,9-10H2,1-3H3,(H,21,22,23)/t12-/m0/s1. The number of hydrogen-bond acceptors (Lipinski definition) is 5. The summed E-state index contributed by atoms with van der Waals surface area (Å²) in [5.74, 6) is 2.15. The maximum Gasteiger partial charge on any atom is 0.244 e. The first-order valence-corrected chi connectivity index (χ1v) is 9.75. The number of nitrogens with zero attached hydrogens (tertiary/aromatic N) is 3. The molecule has 1 amide bonds. The number of thiophene rings is 1. The van der Waals surface area contributed by atoms with E-state index in [0.29, 0.717) is 5.92 Å². The maximum atomic E-state index is 12.3. The largest absolute Gasteiger partial charge is 0.358 e. The van der Waals surface area contributed by atoms with E-state index in [1.807, 2.05) is 25.1 Å². The summed E-state index contributed by atoms with van der Waals surface area (Å²) in [6.07, 6.45) is 2.29. The lowest BCUT2D eigenvalue weighted by molar-refractivity contribution is -0.129. The van der Waals surface area contributed by atoms with Gasteiger partial charge in [-0.05, 0) is 25.3 Å². The van der Waals surface area contributed by atoms with Gasteiger partial charge in [-0.1, -0.05) is 30.3 Å². The molecular formula is C20H22N4OS. The monoisotopic (exact) mass is 366 g/mol. The second-order valence-corrected chi connectivity index (χ2v) is 7.86. The molecule has 134 valence electrons. The highest BCUT2D eigenvalue weighted by atomic mass is 32.1. The zero-order chi connectivity index (χ0) is 18.3. The molecule has 1 N–H and O–H groups in total. The van der Waals surface area contributed by atoms with Crippen LogP contribution in [0.5, 0.6) is 0 Å². The number of benzene rings is 1. The average Bonchev–Trinajstić information content (AvgIpc) is 3.41. The molecule has 3 aromatic rings. The number of nitrogens with one attached hydrogen (secondary N) is 1. The Bertz CT molecular complexity index is 947. The van der Waals surface area contributed by atoms with E-state index in [9.17, 15) is 4.79 Å². The Morgan fingerprint density at radius 2 is 1.96 bits per heavy atom. The maximum absolute atomic E-state index is 12.3. The molecule has 0 saturated heterocycles. The zero-order valence-electron chi connectivity index (χ0n) is 15.2. The summed E-state index contributed by atoms with van der Waals surface area (Å²) >= 11 is 1.64. The van der Waals surface area contributed by atoms with E-state index in [0.717, 1.165) is 45.8 Å². The van der Waals surface area contributed by atoms with Crippen LogP contribution in [-0.2, 0) is 4.79 Å². The molecule has 5 nitrogen and oxygen atoms in total. The summed E-state index contributed by atoms with van der Waals surface area (Å²) in [5, 5.41) is 6.49. The van der Waals surface area contributed by atoms with Crippen molar-refractivity contribution in [1.82, 2.24) is 14.9 Å². The number of hydrogen-bond donors (Lipinski definition) is 1. The fourth-order valence-corrected chi connectivity index (χ4v) is 4.03. The second-order valence-electron chi connectivity index (χ2n) is 7.00. The first-order chi connectivity index (χ1) is 12.5. The van der Waals surface area contributed by atoms with Crippen LogP contribution in [0, 0.1) is 0 Å². The molecule has 6 heteroatoms. The van der Waals surface area contributed by atoms with Gasteiger partial charge in [-0.25, -0.2) is 9.97 Å². The minimum atomic E-state index is -0.348. The van der Waals surface area contributed by atoms with Gasteiger partial charge in [-0.2, -0.15) is 0 Å². The van der Waals surface area contributed by atoms with Gasteiger partial charge in [0.15, 0.2) is 0 Å². The molecule has 2 heterocycles. The molecule has 4 rings (SSSR count). The average molecular weight is 366 g/mol. The molecule has 1 atom stereocenters. The van der Waals surface area contributed by atoms with E-state index in [4.69, 9.17) is 9.97 Å². The van der Waals surface area contributed by atoms with Crippen molar-refractivity contribution in [3.8, 4) is 11.1 Å². The van der Waals surface area contributed by atoms with E-state index >= 15 is 0 Å². The minimum Gasteiger partial charge on any atom is -0.358 e. The van der Waals surface area contributed by atoms with E-state index in [1.54, 1.807) is 30.3 Å². The number of carbonyl (C=O) groups excluding carboxylic acids is 1. The van der Waals surface area contributed by atoms with E-state index < -0.39 is 0 Å². The summed E-state index contributed by atoms with van der Waals surface area (Å²) in [6.45, 7) is 1.88. The molecule has 1 fully saturated rings. The highest BCUT2D eigenvalue weighted by Crippen LogP contribution is 2.42. The van der Waals surface area contributed by atoms with Gasteiger partial charge >= 0.3 is 0 Å². The lowest BCUT2D eigenvalue weighted by atomic mass is 10.1. The van der Waals surface area contributed by atoms with Crippen LogP contribution in [0.1, 0.15) is 31.5 Å². The molecule has 2 aromatic heterocycles. The highest BCUT2D eigenvalue weighted by Gasteiger charge is 2.29.